The summed E-state index contributed by atoms with van der Waals surface area (Å²) in [6.07, 6.45) is 5.11. The Labute approximate surface area is 102 Å². The second-order valence-corrected chi connectivity index (χ2v) is 4.36. The van der Waals surface area contributed by atoms with Gasteiger partial charge in [-0.2, -0.15) is 5.10 Å². The van der Waals surface area contributed by atoms with E-state index in [-0.39, 0.29) is 0 Å². The average Bonchev–Trinajstić information content (AvgIpc) is 2.78. The summed E-state index contributed by atoms with van der Waals surface area (Å²) >= 11 is 0. The molecule has 1 aromatic heterocycles. The summed E-state index contributed by atoms with van der Waals surface area (Å²) in [6.45, 7) is 5.78. The molecule has 3 nitrogen and oxygen atoms in total. The van der Waals surface area contributed by atoms with Crippen LogP contribution >= 0.6 is 0 Å². The predicted octanol–water partition coefficient (Wildman–Crippen LogP) is 2.73. The zero-order valence-electron chi connectivity index (χ0n) is 10.5. The van der Waals surface area contributed by atoms with Crippen molar-refractivity contribution in [1.29, 1.82) is 0 Å². The molecule has 1 heterocycles. The van der Waals surface area contributed by atoms with Crippen LogP contribution < -0.4 is 5.73 Å². The van der Waals surface area contributed by atoms with Crippen LogP contribution in [0.5, 0.6) is 0 Å². The maximum atomic E-state index is 5.78. The second kappa shape index (κ2) is 5.15. The van der Waals surface area contributed by atoms with Gasteiger partial charge in [0.2, 0.25) is 0 Å². The van der Waals surface area contributed by atoms with Crippen molar-refractivity contribution in [3.63, 3.8) is 0 Å². The molecule has 90 valence electrons. The molecule has 0 aliphatic rings. The van der Waals surface area contributed by atoms with Gasteiger partial charge in [0, 0.05) is 24.8 Å². The van der Waals surface area contributed by atoms with Gasteiger partial charge in [-0.25, -0.2) is 0 Å². The van der Waals surface area contributed by atoms with Crippen LogP contribution in [0.2, 0.25) is 0 Å². The average molecular weight is 229 g/mol. The minimum Gasteiger partial charge on any atom is -0.326 e. The van der Waals surface area contributed by atoms with E-state index in [0.29, 0.717) is 6.54 Å². The van der Waals surface area contributed by atoms with Crippen molar-refractivity contribution < 1.29 is 0 Å². The molecule has 0 aliphatic carbocycles. The Balaban J connectivity index is 2.40. The second-order valence-electron chi connectivity index (χ2n) is 4.36. The lowest BCUT2D eigenvalue weighted by Gasteiger charge is -2.06. The minimum atomic E-state index is 0.564. The molecule has 0 spiro atoms. The predicted molar refractivity (Wildman–Crippen MR) is 70.6 cm³/mol. The summed E-state index contributed by atoms with van der Waals surface area (Å²) in [4.78, 5) is 0. The van der Waals surface area contributed by atoms with Crippen molar-refractivity contribution >= 4 is 0 Å². The molecule has 0 unspecified atom stereocenters. The molecule has 1 aromatic carbocycles. The van der Waals surface area contributed by atoms with Crippen molar-refractivity contribution in [3.05, 3.63) is 41.7 Å². The van der Waals surface area contributed by atoms with Gasteiger partial charge in [0.05, 0.1) is 6.20 Å². The third-order valence-corrected chi connectivity index (χ3v) is 2.88. The third kappa shape index (κ3) is 2.56. The summed E-state index contributed by atoms with van der Waals surface area (Å²) in [6, 6.07) is 6.37. The summed E-state index contributed by atoms with van der Waals surface area (Å²) in [5.74, 6) is 0. The Kier molecular flexibility index (Phi) is 3.59. The summed E-state index contributed by atoms with van der Waals surface area (Å²) in [7, 11) is 0. The lowest BCUT2D eigenvalue weighted by atomic mass is 10.0. The highest BCUT2D eigenvalue weighted by Gasteiger charge is 2.06. The van der Waals surface area contributed by atoms with Gasteiger partial charge in [-0.15, -0.1) is 0 Å². The minimum absolute atomic E-state index is 0.564. The first-order valence-electron chi connectivity index (χ1n) is 6.07. The number of nitrogens with zero attached hydrogens (tertiary/aromatic N) is 2. The van der Waals surface area contributed by atoms with Crippen LogP contribution in [0.25, 0.3) is 11.1 Å². The van der Waals surface area contributed by atoms with Crippen LogP contribution in [-0.4, -0.2) is 9.78 Å². The van der Waals surface area contributed by atoms with E-state index >= 15 is 0 Å². The molecule has 0 radical (unpaired) electrons. The van der Waals surface area contributed by atoms with Gasteiger partial charge in [0.15, 0.2) is 0 Å². The Hall–Kier alpha value is -1.61. The van der Waals surface area contributed by atoms with Crippen LogP contribution in [0.4, 0.5) is 0 Å². The van der Waals surface area contributed by atoms with Crippen LogP contribution in [0.1, 0.15) is 24.5 Å². The molecule has 0 saturated heterocycles. The van der Waals surface area contributed by atoms with Crippen LogP contribution in [-0.2, 0) is 13.1 Å². The number of aromatic nitrogens is 2. The quantitative estimate of drug-likeness (QED) is 0.876. The fourth-order valence-corrected chi connectivity index (χ4v) is 1.99. The number of hydrogen-bond donors (Lipinski definition) is 1. The zero-order valence-corrected chi connectivity index (χ0v) is 10.5. The van der Waals surface area contributed by atoms with Gasteiger partial charge in [-0.1, -0.05) is 30.7 Å². The first-order chi connectivity index (χ1) is 8.24. The van der Waals surface area contributed by atoms with E-state index in [9.17, 15) is 0 Å². The van der Waals surface area contributed by atoms with Gasteiger partial charge in [0.1, 0.15) is 0 Å². The summed E-state index contributed by atoms with van der Waals surface area (Å²) in [5, 5.41) is 4.36. The number of hydrogen-bond acceptors (Lipinski definition) is 2. The molecule has 17 heavy (non-hydrogen) atoms. The smallest absolute Gasteiger partial charge is 0.0568 e. The lowest BCUT2D eigenvalue weighted by molar-refractivity contribution is 0.603. The van der Waals surface area contributed by atoms with E-state index in [2.05, 4.69) is 43.3 Å². The molecule has 2 N–H and O–H groups in total. The van der Waals surface area contributed by atoms with Crippen molar-refractivity contribution in [2.75, 3.05) is 0 Å². The van der Waals surface area contributed by atoms with Gasteiger partial charge in [-0.3, -0.25) is 4.68 Å². The number of rotatable bonds is 4. The van der Waals surface area contributed by atoms with Crippen molar-refractivity contribution in [2.45, 2.75) is 33.4 Å². The lowest BCUT2D eigenvalue weighted by Crippen LogP contribution is -1.99. The topological polar surface area (TPSA) is 43.8 Å². The van der Waals surface area contributed by atoms with Gasteiger partial charge >= 0.3 is 0 Å². The fraction of sp³-hybridized carbons (Fsp3) is 0.357. The largest absolute Gasteiger partial charge is 0.326 e. The first kappa shape index (κ1) is 11.9. The summed E-state index contributed by atoms with van der Waals surface area (Å²) in [5.41, 5.74) is 10.6. The summed E-state index contributed by atoms with van der Waals surface area (Å²) < 4.78 is 1.98. The molecule has 0 atom stereocenters. The van der Waals surface area contributed by atoms with Crippen molar-refractivity contribution in [1.82, 2.24) is 9.78 Å². The molecule has 2 rings (SSSR count). The highest BCUT2D eigenvalue weighted by molar-refractivity contribution is 5.66. The molecule has 2 aromatic rings. The third-order valence-electron chi connectivity index (χ3n) is 2.88. The molecular weight excluding hydrogens is 210 g/mol. The number of nitrogens with two attached hydrogens (primary N) is 1. The van der Waals surface area contributed by atoms with E-state index in [1.54, 1.807) is 0 Å². The molecular formula is C14H19N3. The number of benzene rings is 1. The molecule has 0 amide bonds. The SMILES string of the molecule is CCCn1cc(-c2cc(C)ccc2CN)cn1. The van der Waals surface area contributed by atoms with E-state index in [0.717, 1.165) is 18.5 Å². The van der Waals surface area contributed by atoms with Crippen LogP contribution in [0, 0.1) is 6.92 Å². The van der Waals surface area contributed by atoms with E-state index in [4.69, 9.17) is 5.73 Å². The normalized spacial score (nSPS) is 10.8. The zero-order chi connectivity index (χ0) is 12.3. The highest BCUT2D eigenvalue weighted by Crippen LogP contribution is 2.24. The Morgan fingerprint density at radius 2 is 2.18 bits per heavy atom. The molecule has 0 fully saturated rings. The van der Waals surface area contributed by atoms with Crippen LogP contribution in [0.15, 0.2) is 30.6 Å². The van der Waals surface area contributed by atoms with Gasteiger partial charge in [0.25, 0.3) is 0 Å². The Morgan fingerprint density at radius 3 is 2.88 bits per heavy atom. The molecule has 0 saturated carbocycles. The van der Waals surface area contributed by atoms with Gasteiger partial charge < -0.3 is 5.73 Å². The Morgan fingerprint density at radius 1 is 1.35 bits per heavy atom. The molecule has 0 aliphatic heterocycles. The number of aryl methyl sites for hydroxylation is 2. The molecule has 0 bridgehead atoms. The van der Waals surface area contributed by atoms with Crippen LogP contribution in [0.3, 0.4) is 0 Å². The highest BCUT2D eigenvalue weighted by atomic mass is 15.3. The maximum absolute atomic E-state index is 5.78. The standard InChI is InChI=1S/C14H19N3/c1-3-6-17-10-13(9-16-17)14-7-11(2)4-5-12(14)8-15/h4-5,7,9-10H,3,6,8,15H2,1-2H3. The van der Waals surface area contributed by atoms with E-state index in [1.165, 1.54) is 16.7 Å². The van der Waals surface area contributed by atoms with E-state index in [1.807, 2.05) is 10.9 Å². The van der Waals surface area contributed by atoms with E-state index < -0.39 is 0 Å². The first-order valence-corrected chi connectivity index (χ1v) is 6.07. The monoisotopic (exact) mass is 229 g/mol. The maximum Gasteiger partial charge on any atom is 0.0568 e. The van der Waals surface area contributed by atoms with Crippen molar-refractivity contribution in [3.8, 4) is 11.1 Å². The van der Waals surface area contributed by atoms with Gasteiger partial charge in [-0.05, 0) is 24.5 Å². The fourth-order valence-electron chi connectivity index (χ4n) is 1.99. The molecule has 3 heteroatoms. The Bertz CT molecular complexity index is 500. The van der Waals surface area contributed by atoms with Crippen molar-refractivity contribution in [2.24, 2.45) is 5.73 Å².